The van der Waals surface area contributed by atoms with E-state index in [1.165, 1.54) is 32.1 Å². The number of nitrogens with two attached hydrogens (primary N) is 1. The van der Waals surface area contributed by atoms with E-state index in [9.17, 15) is 4.39 Å². The van der Waals surface area contributed by atoms with E-state index in [1.54, 1.807) is 0 Å². The van der Waals surface area contributed by atoms with Crippen LogP contribution in [0.15, 0.2) is 36.9 Å². The van der Waals surface area contributed by atoms with E-state index in [-0.39, 0.29) is 57.2 Å². The van der Waals surface area contributed by atoms with Crippen LogP contribution in [0.3, 0.4) is 0 Å². The molecule has 0 saturated heterocycles. The molecule has 166 valence electrons. The number of amidine groups is 1. The van der Waals surface area contributed by atoms with Crippen LogP contribution in [-0.2, 0) is 0 Å². The van der Waals surface area contributed by atoms with E-state index >= 15 is 0 Å². The molecule has 5 rings (SSSR count). The summed E-state index contributed by atoms with van der Waals surface area (Å²) in [7, 11) is 0. The molecule has 0 radical (unpaired) electrons. The number of alkyl halides is 1. The Morgan fingerprint density at radius 1 is 1.35 bits per heavy atom. The Morgan fingerprint density at radius 3 is 2.52 bits per heavy atom. The van der Waals surface area contributed by atoms with Crippen LogP contribution in [-0.4, -0.2) is 18.0 Å². The van der Waals surface area contributed by atoms with Crippen molar-refractivity contribution in [2.75, 3.05) is 11.4 Å². The van der Waals surface area contributed by atoms with Gasteiger partial charge in [0.25, 0.3) is 0 Å². The molecule has 2 unspecified atom stereocenters. The molecule has 3 N–H and O–H groups in total. The molecule has 2 atom stereocenters. The minimum atomic E-state index is -1.07. The second-order valence-electron chi connectivity index (χ2n) is 9.90. The Hall–Kier alpha value is -0.204. The summed E-state index contributed by atoms with van der Waals surface area (Å²) in [6, 6.07) is 8.78. The zero-order valence-electron chi connectivity index (χ0n) is 20.0. The van der Waals surface area contributed by atoms with E-state index in [4.69, 9.17) is 11.1 Å². The summed E-state index contributed by atoms with van der Waals surface area (Å²) in [5.41, 5.74) is 6.79. The van der Waals surface area contributed by atoms with Crippen molar-refractivity contribution in [1.82, 2.24) is 0 Å². The van der Waals surface area contributed by atoms with Crippen LogP contribution in [0.1, 0.15) is 77.7 Å². The van der Waals surface area contributed by atoms with E-state index in [1.807, 2.05) is 30.3 Å². The summed E-state index contributed by atoms with van der Waals surface area (Å²) in [6.07, 6.45) is 10.6. The fourth-order valence-corrected chi connectivity index (χ4v) is 5.57. The predicted octanol–water partition coefficient (Wildman–Crippen LogP) is 3.63. The van der Waals surface area contributed by atoms with E-state index in [2.05, 4.69) is 32.3 Å². The Morgan fingerprint density at radius 2 is 2.03 bits per heavy atom. The average Bonchev–Trinajstić information content (AvgIpc) is 3.06. The number of allylic oxidation sites excluding steroid dienone is 1. The number of halogens is 1. The van der Waals surface area contributed by atoms with Crippen LogP contribution in [0.4, 0.5) is 10.1 Å². The largest absolute Gasteiger partial charge is 1.00 e. The van der Waals surface area contributed by atoms with Crippen LogP contribution in [0, 0.1) is 28.7 Å². The molecule has 3 nitrogen and oxygen atoms in total. The van der Waals surface area contributed by atoms with E-state index in [0.717, 1.165) is 30.3 Å². The summed E-state index contributed by atoms with van der Waals surface area (Å²) >= 11 is 0. The van der Waals surface area contributed by atoms with Gasteiger partial charge in [-0.1, -0.05) is 58.2 Å². The number of nitrogen functional groups attached to an aromatic ring is 1. The molecule has 31 heavy (non-hydrogen) atoms. The zero-order chi connectivity index (χ0) is 21.9. The molecule has 4 aliphatic carbocycles. The summed E-state index contributed by atoms with van der Waals surface area (Å²) in [5, 5.41) is 7.73. The van der Waals surface area contributed by atoms with Gasteiger partial charge in [-0.15, -0.1) is 12.5 Å². The molecule has 0 heterocycles. The number of rotatable bonds is 8. The molecule has 4 fully saturated rings. The van der Waals surface area contributed by atoms with Crippen molar-refractivity contribution < 1.29 is 55.8 Å². The predicted molar refractivity (Wildman–Crippen MR) is 125 cm³/mol. The molecule has 4 aliphatic rings. The van der Waals surface area contributed by atoms with Crippen molar-refractivity contribution >= 4 is 11.5 Å². The van der Waals surface area contributed by atoms with Crippen molar-refractivity contribution in [3.8, 4) is 0 Å². The fraction of sp³-hybridized carbons (Fsp3) is 0.615. The Balaban J connectivity index is 0.000000631. The molecule has 0 aliphatic heterocycles. The Bertz CT molecular complexity index is 761. The number of benzene rings is 1. The molecule has 1 aromatic carbocycles. The minimum Gasteiger partial charge on any atom is -0.516 e. The second kappa shape index (κ2) is 11.3. The van der Waals surface area contributed by atoms with Gasteiger partial charge in [-0.3, -0.25) is 9.80 Å². The van der Waals surface area contributed by atoms with Crippen molar-refractivity contribution in [2.45, 2.75) is 77.8 Å². The Kier molecular flexibility index (Phi) is 9.84. The zero-order valence-corrected chi connectivity index (χ0v) is 23.1. The summed E-state index contributed by atoms with van der Waals surface area (Å²) in [4.78, 5) is 2.24. The number of anilines is 1. The molecule has 0 amide bonds. The van der Waals surface area contributed by atoms with E-state index < -0.39 is 5.67 Å². The van der Waals surface area contributed by atoms with Crippen molar-refractivity contribution in [3.63, 3.8) is 0 Å². The summed E-state index contributed by atoms with van der Waals surface area (Å²) in [5.74, 6) is 1.11. The van der Waals surface area contributed by atoms with Gasteiger partial charge in [0, 0.05) is 16.9 Å². The third-order valence-electron chi connectivity index (χ3n) is 7.27. The molecular weight excluding hydrogens is 412 g/mol. The summed E-state index contributed by atoms with van der Waals surface area (Å²) in [6.45, 7) is 11.1. The molecule has 1 aromatic rings. The topological polar surface area (TPSA) is 53.1 Å². The maximum absolute atomic E-state index is 14.9. The van der Waals surface area contributed by atoms with Gasteiger partial charge in [-0.2, -0.15) is 6.04 Å². The van der Waals surface area contributed by atoms with Crippen LogP contribution in [0.25, 0.3) is 0 Å². The number of hydrogen-bond acceptors (Lipinski definition) is 2. The number of nitrogens with zero attached hydrogens (tertiary/aromatic N) is 1. The van der Waals surface area contributed by atoms with E-state index in [0.29, 0.717) is 30.1 Å². The molecule has 2 bridgehead atoms. The van der Waals surface area contributed by atoms with Gasteiger partial charge in [-0.25, -0.2) is 0 Å². The maximum Gasteiger partial charge on any atom is 1.00 e. The minimum absolute atomic E-state index is 0. The van der Waals surface area contributed by atoms with Gasteiger partial charge in [0.15, 0.2) is 0 Å². The standard InChI is InChI=1S/C22H31FN3.C4H8.K/c1-3-8-21(2)9-7-15(11-21)14-26(19-17-12-22(19,23)13-17)18-6-4-5-16(10-18)20(24)25;1-3-4-2;/h4-6,10,15,17H,3,7-9,11-14H2,1-2H3,(H3,24,25);3H,1,4H2,2H3;/q-1;;+1. The molecular formula is C26H39FKN3. The summed E-state index contributed by atoms with van der Waals surface area (Å²) < 4.78 is 14.9. The number of nitrogens with one attached hydrogen (secondary N) is 1. The van der Waals surface area contributed by atoms with Gasteiger partial charge in [0.1, 0.15) is 5.84 Å². The van der Waals surface area contributed by atoms with Gasteiger partial charge >= 0.3 is 51.4 Å². The number of hydrogen-bond donors (Lipinski definition) is 2. The molecule has 0 spiro atoms. The Labute approximate surface area is 231 Å². The first-order valence-corrected chi connectivity index (χ1v) is 11.6. The first-order chi connectivity index (χ1) is 14.2. The fourth-order valence-electron chi connectivity index (χ4n) is 5.57. The maximum atomic E-state index is 14.9. The second-order valence-corrected chi connectivity index (χ2v) is 9.90. The first-order valence-electron chi connectivity index (χ1n) is 11.6. The van der Waals surface area contributed by atoms with Crippen molar-refractivity contribution in [1.29, 1.82) is 5.41 Å². The normalized spacial score (nSPS) is 30.7. The van der Waals surface area contributed by atoms with Crippen LogP contribution in [0.5, 0.6) is 0 Å². The quantitative estimate of drug-likeness (QED) is 0.208. The van der Waals surface area contributed by atoms with Gasteiger partial charge in [0.2, 0.25) is 0 Å². The van der Waals surface area contributed by atoms with Crippen LogP contribution in [0.2, 0.25) is 0 Å². The van der Waals surface area contributed by atoms with Crippen LogP contribution < -0.4 is 62.0 Å². The van der Waals surface area contributed by atoms with Crippen molar-refractivity contribution in [2.24, 2.45) is 23.0 Å². The molecule has 0 aromatic heterocycles. The third-order valence-corrected chi connectivity index (χ3v) is 7.27. The van der Waals surface area contributed by atoms with Gasteiger partial charge < -0.3 is 10.6 Å². The molecule has 5 heteroatoms. The van der Waals surface area contributed by atoms with Crippen LogP contribution >= 0.6 is 0 Å². The monoisotopic (exact) mass is 451 g/mol. The smallest absolute Gasteiger partial charge is 0.516 e. The van der Waals surface area contributed by atoms with Gasteiger partial charge in [-0.05, 0) is 62.1 Å². The van der Waals surface area contributed by atoms with Gasteiger partial charge in [0.05, 0.1) is 0 Å². The first kappa shape index (κ1) is 27.0. The third kappa shape index (κ3) is 6.03. The molecule has 4 saturated carbocycles. The average molecular weight is 452 g/mol. The van der Waals surface area contributed by atoms with Crippen molar-refractivity contribution in [3.05, 3.63) is 48.5 Å². The SMILES string of the molecule is C=CCC.CCCC1(C)CCC(CN(c2cccc(C(=N)N)c2)[C-]2C3CC2(F)C3)C1.[K+].